The number of carbonyl (C=O) groups excluding carboxylic acids is 1. The van der Waals surface area contributed by atoms with Gasteiger partial charge in [-0.15, -0.1) is 6.58 Å². The standard InChI is InChI=1S/C11H14O2/c1-5-6-10(12)11-7(2)8(3)13-9(11)4/h5H,1,6H2,2-4H3. The van der Waals surface area contributed by atoms with Crippen LogP contribution >= 0.6 is 0 Å². The Morgan fingerprint density at radius 2 is 2.00 bits per heavy atom. The number of carbonyl (C=O) groups is 1. The lowest BCUT2D eigenvalue weighted by molar-refractivity contribution is 0.0994. The molecule has 0 aliphatic rings. The maximum Gasteiger partial charge on any atom is 0.170 e. The first kappa shape index (κ1) is 9.78. The molecular weight excluding hydrogens is 164 g/mol. The molecule has 0 fully saturated rings. The molecule has 0 saturated heterocycles. The molecule has 1 heterocycles. The number of ketones is 1. The molecule has 0 radical (unpaired) electrons. The second-order valence-corrected chi connectivity index (χ2v) is 3.13. The fourth-order valence-electron chi connectivity index (χ4n) is 1.44. The lowest BCUT2D eigenvalue weighted by Crippen LogP contribution is -1.99. The van der Waals surface area contributed by atoms with E-state index in [1.54, 1.807) is 6.08 Å². The number of allylic oxidation sites excluding steroid dienone is 1. The number of furan rings is 1. The smallest absolute Gasteiger partial charge is 0.170 e. The van der Waals surface area contributed by atoms with Gasteiger partial charge in [-0.2, -0.15) is 0 Å². The predicted octanol–water partition coefficient (Wildman–Crippen LogP) is 2.96. The largest absolute Gasteiger partial charge is 0.466 e. The number of aryl methyl sites for hydroxylation is 2. The summed E-state index contributed by atoms with van der Waals surface area (Å²) in [7, 11) is 0. The molecule has 1 aromatic heterocycles. The molecular formula is C11H14O2. The van der Waals surface area contributed by atoms with Gasteiger partial charge in [-0.1, -0.05) is 6.08 Å². The Morgan fingerprint density at radius 3 is 2.38 bits per heavy atom. The van der Waals surface area contributed by atoms with Gasteiger partial charge in [0.25, 0.3) is 0 Å². The minimum Gasteiger partial charge on any atom is -0.466 e. The summed E-state index contributed by atoms with van der Waals surface area (Å²) in [4.78, 5) is 11.6. The van der Waals surface area contributed by atoms with Crippen molar-refractivity contribution in [2.24, 2.45) is 0 Å². The van der Waals surface area contributed by atoms with Crippen molar-refractivity contribution < 1.29 is 9.21 Å². The first-order chi connectivity index (χ1) is 6.07. The summed E-state index contributed by atoms with van der Waals surface area (Å²) in [5.74, 6) is 1.62. The van der Waals surface area contributed by atoms with Gasteiger partial charge in [-0.25, -0.2) is 0 Å². The topological polar surface area (TPSA) is 30.2 Å². The second-order valence-electron chi connectivity index (χ2n) is 3.13. The molecule has 0 aromatic carbocycles. The summed E-state index contributed by atoms with van der Waals surface area (Å²) in [6.45, 7) is 9.13. The summed E-state index contributed by atoms with van der Waals surface area (Å²) < 4.78 is 5.36. The molecule has 0 unspecified atom stereocenters. The zero-order chi connectivity index (χ0) is 10.0. The molecule has 1 rings (SSSR count). The van der Waals surface area contributed by atoms with Crippen molar-refractivity contribution in [1.29, 1.82) is 0 Å². The van der Waals surface area contributed by atoms with E-state index in [2.05, 4.69) is 6.58 Å². The van der Waals surface area contributed by atoms with Crippen molar-refractivity contribution in [3.8, 4) is 0 Å². The Morgan fingerprint density at radius 1 is 1.38 bits per heavy atom. The summed E-state index contributed by atoms with van der Waals surface area (Å²) in [5, 5.41) is 0. The Hall–Kier alpha value is -1.31. The normalized spacial score (nSPS) is 10.1. The van der Waals surface area contributed by atoms with Crippen LogP contribution in [0.3, 0.4) is 0 Å². The van der Waals surface area contributed by atoms with Crippen molar-refractivity contribution >= 4 is 5.78 Å². The molecule has 0 N–H and O–H groups in total. The fraction of sp³-hybridized carbons (Fsp3) is 0.364. The molecule has 1 aromatic rings. The molecule has 13 heavy (non-hydrogen) atoms. The first-order valence-electron chi connectivity index (χ1n) is 4.28. The van der Waals surface area contributed by atoms with Crippen LogP contribution in [0.4, 0.5) is 0 Å². The van der Waals surface area contributed by atoms with E-state index >= 15 is 0 Å². The van der Waals surface area contributed by atoms with E-state index in [1.165, 1.54) is 0 Å². The fourth-order valence-corrected chi connectivity index (χ4v) is 1.44. The van der Waals surface area contributed by atoms with E-state index in [4.69, 9.17) is 4.42 Å². The third kappa shape index (κ3) is 1.72. The maximum atomic E-state index is 11.6. The van der Waals surface area contributed by atoms with Gasteiger partial charge in [0.15, 0.2) is 5.78 Å². The predicted molar refractivity (Wildman–Crippen MR) is 52.1 cm³/mol. The molecule has 0 amide bonds. The maximum absolute atomic E-state index is 11.6. The van der Waals surface area contributed by atoms with Gasteiger partial charge in [0.05, 0.1) is 5.56 Å². The van der Waals surface area contributed by atoms with Gasteiger partial charge in [-0.05, 0) is 20.8 Å². The summed E-state index contributed by atoms with van der Waals surface area (Å²) in [6, 6.07) is 0. The molecule has 2 nitrogen and oxygen atoms in total. The van der Waals surface area contributed by atoms with Crippen LogP contribution in [-0.4, -0.2) is 5.78 Å². The summed E-state index contributed by atoms with van der Waals surface area (Å²) >= 11 is 0. The highest BCUT2D eigenvalue weighted by atomic mass is 16.3. The van der Waals surface area contributed by atoms with Crippen LogP contribution in [0, 0.1) is 20.8 Å². The number of Topliss-reactive ketones (excluding diaryl/α,β-unsaturated/α-hetero) is 1. The van der Waals surface area contributed by atoms with E-state index < -0.39 is 0 Å². The van der Waals surface area contributed by atoms with Crippen molar-refractivity contribution in [3.63, 3.8) is 0 Å². The van der Waals surface area contributed by atoms with Crippen LogP contribution in [0.15, 0.2) is 17.1 Å². The van der Waals surface area contributed by atoms with Crippen molar-refractivity contribution in [2.45, 2.75) is 27.2 Å². The minimum absolute atomic E-state index is 0.0850. The van der Waals surface area contributed by atoms with Gasteiger partial charge in [0, 0.05) is 12.0 Å². The highest BCUT2D eigenvalue weighted by Gasteiger charge is 2.16. The minimum atomic E-state index is 0.0850. The molecule has 0 aliphatic carbocycles. The Kier molecular flexibility index (Phi) is 2.71. The Balaban J connectivity index is 3.12. The van der Waals surface area contributed by atoms with E-state index in [0.717, 1.165) is 16.9 Å². The van der Waals surface area contributed by atoms with E-state index in [0.29, 0.717) is 12.2 Å². The number of hydrogen-bond acceptors (Lipinski definition) is 2. The highest BCUT2D eigenvalue weighted by Crippen LogP contribution is 2.21. The monoisotopic (exact) mass is 178 g/mol. The molecule has 0 atom stereocenters. The van der Waals surface area contributed by atoms with Crippen molar-refractivity contribution in [3.05, 3.63) is 35.3 Å². The molecule has 0 aliphatic heterocycles. The van der Waals surface area contributed by atoms with Crippen molar-refractivity contribution in [2.75, 3.05) is 0 Å². The van der Waals surface area contributed by atoms with Crippen LogP contribution in [-0.2, 0) is 0 Å². The zero-order valence-corrected chi connectivity index (χ0v) is 8.31. The lowest BCUT2D eigenvalue weighted by Gasteiger charge is -1.96. The summed E-state index contributed by atoms with van der Waals surface area (Å²) in [6.07, 6.45) is 1.99. The van der Waals surface area contributed by atoms with Gasteiger partial charge in [-0.3, -0.25) is 4.79 Å². The van der Waals surface area contributed by atoms with Gasteiger partial charge in [0.1, 0.15) is 11.5 Å². The molecule has 0 spiro atoms. The van der Waals surface area contributed by atoms with Crippen LogP contribution < -0.4 is 0 Å². The average Bonchev–Trinajstić information content (AvgIpc) is 2.27. The Bertz CT molecular complexity index is 345. The number of rotatable bonds is 3. The van der Waals surface area contributed by atoms with E-state index in [1.807, 2.05) is 20.8 Å². The lowest BCUT2D eigenvalue weighted by atomic mass is 10.0. The zero-order valence-electron chi connectivity index (χ0n) is 8.31. The summed E-state index contributed by atoms with van der Waals surface area (Å²) in [5.41, 5.74) is 1.67. The van der Waals surface area contributed by atoms with E-state index in [9.17, 15) is 4.79 Å². The van der Waals surface area contributed by atoms with Gasteiger partial charge < -0.3 is 4.42 Å². The molecule has 0 bridgehead atoms. The van der Waals surface area contributed by atoms with Gasteiger partial charge in [0.2, 0.25) is 0 Å². The highest BCUT2D eigenvalue weighted by molar-refractivity contribution is 5.99. The Labute approximate surface area is 78.3 Å². The van der Waals surface area contributed by atoms with Crippen LogP contribution in [0.1, 0.15) is 33.9 Å². The molecule has 70 valence electrons. The third-order valence-electron chi connectivity index (χ3n) is 2.17. The number of hydrogen-bond donors (Lipinski definition) is 0. The third-order valence-corrected chi connectivity index (χ3v) is 2.17. The van der Waals surface area contributed by atoms with Crippen LogP contribution in [0.5, 0.6) is 0 Å². The van der Waals surface area contributed by atoms with Crippen LogP contribution in [0.25, 0.3) is 0 Å². The second kappa shape index (κ2) is 3.60. The quantitative estimate of drug-likeness (QED) is 0.526. The van der Waals surface area contributed by atoms with Crippen molar-refractivity contribution in [1.82, 2.24) is 0 Å². The SMILES string of the molecule is C=CCC(=O)c1c(C)oc(C)c1C. The van der Waals surface area contributed by atoms with Gasteiger partial charge >= 0.3 is 0 Å². The average molecular weight is 178 g/mol. The molecule has 0 saturated carbocycles. The van der Waals surface area contributed by atoms with E-state index in [-0.39, 0.29) is 5.78 Å². The van der Waals surface area contributed by atoms with Crippen LogP contribution in [0.2, 0.25) is 0 Å². The first-order valence-corrected chi connectivity index (χ1v) is 4.28. The molecule has 2 heteroatoms.